The van der Waals surface area contributed by atoms with Gasteiger partial charge in [0.15, 0.2) is 5.13 Å². The maximum Gasteiger partial charge on any atom is 0.410 e. The molecule has 8 heteroatoms. The zero-order chi connectivity index (χ0) is 19.1. The van der Waals surface area contributed by atoms with E-state index in [1.54, 1.807) is 11.0 Å². The van der Waals surface area contributed by atoms with Crippen LogP contribution in [0.25, 0.3) is 10.2 Å². The number of ether oxygens (including phenoxy) is 1. The van der Waals surface area contributed by atoms with Crippen LogP contribution in [0.4, 0.5) is 14.3 Å². The van der Waals surface area contributed by atoms with E-state index in [2.05, 4.69) is 16.8 Å². The Morgan fingerprint density at radius 1 is 1.42 bits per heavy atom. The Labute approximate surface area is 161 Å². The van der Waals surface area contributed by atoms with Crippen molar-refractivity contribution in [2.45, 2.75) is 45.8 Å². The fourth-order valence-corrected chi connectivity index (χ4v) is 4.30. The number of hydrogen-bond acceptors (Lipinski definition) is 5. The fraction of sp³-hybridized carbons (Fsp3) is 0.556. The van der Waals surface area contributed by atoms with Gasteiger partial charge in [-0.15, -0.1) is 0 Å². The molecule has 0 spiro atoms. The number of halogens is 2. The summed E-state index contributed by atoms with van der Waals surface area (Å²) in [5.41, 5.74) is 0.100. The first-order valence-corrected chi connectivity index (χ1v) is 9.87. The second-order valence-electron chi connectivity index (χ2n) is 7.41. The summed E-state index contributed by atoms with van der Waals surface area (Å²) in [7, 11) is 0. The van der Waals surface area contributed by atoms with Gasteiger partial charge in [0.1, 0.15) is 11.4 Å². The molecule has 1 aromatic heterocycles. The molecule has 3 rings (SSSR count). The molecule has 0 unspecified atom stereocenters. The molecule has 0 N–H and O–H groups in total. The van der Waals surface area contributed by atoms with Gasteiger partial charge in [0.25, 0.3) is 0 Å². The first kappa shape index (κ1) is 19.2. The van der Waals surface area contributed by atoms with Crippen molar-refractivity contribution in [3.05, 3.63) is 23.0 Å². The van der Waals surface area contributed by atoms with Crippen molar-refractivity contribution in [3.63, 3.8) is 0 Å². The summed E-state index contributed by atoms with van der Waals surface area (Å²) >= 11 is 7.37. The van der Waals surface area contributed by atoms with Crippen molar-refractivity contribution in [2.75, 3.05) is 24.5 Å². The second-order valence-corrected chi connectivity index (χ2v) is 8.83. The summed E-state index contributed by atoms with van der Waals surface area (Å²) in [6.45, 7) is 9.48. The predicted molar refractivity (Wildman–Crippen MR) is 104 cm³/mol. The van der Waals surface area contributed by atoms with Crippen LogP contribution >= 0.6 is 22.9 Å². The van der Waals surface area contributed by atoms with Crippen molar-refractivity contribution >= 4 is 44.4 Å². The van der Waals surface area contributed by atoms with Crippen LogP contribution in [-0.2, 0) is 4.74 Å². The number of amides is 1. The highest BCUT2D eigenvalue weighted by molar-refractivity contribution is 7.22. The third-order valence-electron chi connectivity index (χ3n) is 4.27. The molecule has 0 radical (unpaired) electrons. The molecule has 1 saturated heterocycles. The molecular weight excluding hydrogens is 377 g/mol. The average molecular weight is 400 g/mol. The molecule has 2 heterocycles. The highest BCUT2D eigenvalue weighted by Gasteiger charge is 2.32. The van der Waals surface area contributed by atoms with Crippen LogP contribution in [0.5, 0.6) is 0 Å². The SMILES string of the molecule is CC[C@H]1CN(C(=O)OC(C)(C)C)CCN1c1nc2cc(F)c(Cl)cc2s1. The summed E-state index contributed by atoms with van der Waals surface area (Å²) in [6.07, 6.45) is 0.582. The zero-order valence-corrected chi connectivity index (χ0v) is 17.0. The van der Waals surface area contributed by atoms with Crippen LogP contribution in [0, 0.1) is 5.82 Å². The molecule has 2 aromatic rings. The number of carbonyl (C=O) groups excluding carboxylic acids is 1. The number of nitrogens with zero attached hydrogens (tertiary/aromatic N) is 3. The van der Waals surface area contributed by atoms with Gasteiger partial charge in [0.05, 0.1) is 15.2 Å². The highest BCUT2D eigenvalue weighted by Crippen LogP contribution is 2.34. The van der Waals surface area contributed by atoms with Crippen molar-refractivity contribution in [1.29, 1.82) is 0 Å². The number of aromatic nitrogens is 1. The van der Waals surface area contributed by atoms with Crippen LogP contribution in [0.2, 0.25) is 5.02 Å². The standard InChI is InChI=1S/C18H23ClFN3O2S/c1-5-11-10-22(17(24)25-18(2,3)4)6-7-23(11)16-21-14-9-13(20)12(19)8-15(14)26-16/h8-9,11H,5-7,10H2,1-4H3/t11-/m0/s1. The highest BCUT2D eigenvalue weighted by atomic mass is 35.5. The number of thiazole rings is 1. The number of carbonyl (C=O) groups is 1. The summed E-state index contributed by atoms with van der Waals surface area (Å²) in [6, 6.07) is 3.12. The lowest BCUT2D eigenvalue weighted by molar-refractivity contribution is 0.0213. The second kappa shape index (κ2) is 7.19. The molecule has 0 aliphatic carbocycles. The normalized spacial score (nSPS) is 18.5. The third kappa shape index (κ3) is 4.04. The lowest BCUT2D eigenvalue weighted by Gasteiger charge is -2.41. The van der Waals surface area contributed by atoms with E-state index >= 15 is 0 Å². The minimum atomic E-state index is -0.508. The fourth-order valence-electron chi connectivity index (χ4n) is 2.98. The van der Waals surface area contributed by atoms with Gasteiger partial charge in [-0.05, 0) is 33.3 Å². The average Bonchev–Trinajstić information content (AvgIpc) is 2.95. The first-order valence-electron chi connectivity index (χ1n) is 8.68. The van der Waals surface area contributed by atoms with Gasteiger partial charge in [-0.2, -0.15) is 0 Å². The lowest BCUT2D eigenvalue weighted by Crippen LogP contribution is -2.55. The van der Waals surface area contributed by atoms with E-state index in [0.29, 0.717) is 25.2 Å². The molecule has 0 saturated carbocycles. The quantitative estimate of drug-likeness (QED) is 0.718. The van der Waals surface area contributed by atoms with Crippen LogP contribution < -0.4 is 4.90 Å². The minimum Gasteiger partial charge on any atom is -0.444 e. The first-order chi connectivity index (χ1) is 12.2. The van der Waals surface area contributed by atoms with Crippen molar-refractivity contribution in [1.82, 2.24) is 9.88 Å². The van der Waals surface area contributed by atoms with E-state index in [0.717, 1.165) is 16.3 Å². The molecule has 1 aliphatic heterocycles. The molecule has 0 bridgehead atoms. The van der Waals surface area contributed by atoms with Crippen LogP contribution in [0.15, 0.2) is 12.1 Å². The predicted octanol–water partition coefficient (Wildman–Crippen LogP) is 4.92. The Balaban J connectivity index is 1.79. The number of fused-ring (bicyclic) bond motifs is 1. The van der Waals surface area contributed by atoms with Gasteiger partial charge >= 0.3 is 6.09 Å². The number of rotatable bonds is 2. The van der Waals surface area contributed by atoms with E-state index in [4.69, 9.17) is 16.3 Å². The van der Waals surface area contributed by atoms with Crippen LogP contribution in [-0.4, -0.2) is 47.3 Å². The topological polar surface area (TPSA) is 45.7 Å². The number of benzene rings is 1. The number of piperazine rings is 1. The van der Waals surface area contributed by atoms with Crippen LogP contribution in [0.1, 0.15) is 34.1 Å². The largest absolute Gasteiger partial charge is 0.444 e. The lowest BCUT2D eigenvalue weighted by atomic mass is 10.1. The Bertz CT molecular complexity index is 782. The molecule has 1 fully saturated rings. The molecule has 1 amide bonds. The van der Waals surface area contributed by atoms with Gasteiger partial charge in [-0.1, -0.05) is 29.9 Å². The Hall–Kier alpha value is -1.60. The molecule has 1 atom stereocenters. The molecular formula is C18H23ClFN3O2S. The summed E-state index contributed by atoms with van der Waals surface area (Å²) in [5, 5.41) is 0.937. The van der Waals surface area contributed by atoms with Crippen molar-refractivity contribution in [3.8, 4) is 0 Å². The van der Waals surface area contributed by atoms with Gasteiger partial charge in [0, 0.05) is 31.7 Å². The van der Waals surface area contributed by atoms with E-state index in [1.807, 2.05) is 20.8 Å². The molecule has 5 nitrogen and oxygen atoms in total. The van der Waals surface area contributed by atoms with Crippen molar-refractivity contribution in [2.24, 2.45) is 0 Å². The van der Waals surface area contributed by atoms with Crippen molar-refractivity contribution < 1.29 is 13.9 Å². The van der Waals surface area contributed by atoms with Gasteiger partial charge < -0.3 is 14.5 Å². The van der Waals surface area contributed by atoms with E-state index in [-0.39, 0.29) is 17.2 Å². The zero-order valence-electron chi connectivity index (χ0n) is 15.4. The summed E-state index contributed by atoms with van der Waals surface area (Å²) in [4.78, 5) is 20.9. The molecule has 1 aliphatic rings. The number of hydrogen-bond donors (Lipinski definition) is 0. The third-order valence-corrected chi connectivity index (χ3v) is 5.62. The monoisotopic (exact) mass is 399 g/mol. The van der Waals surface area contributed by atoms with E-state index < -0.39 is 11.4 Å². The molecule has 26 heavy (non-hydrogen) atoms. The Morgan fingerprint density at radius 3 is 2.81 bits per heavy atom. The van der Waals surface area contributed by atoms with E-state index in [1.165, 1.54) is 17.4 Å². The Morgan fingerprint density at radius 2 is 2.15 bits per heavy atom. The van der Waals surface area contributed by atoms with Gasteiger partial charge in [-0.25, -0.2) is 14.2 Å². The summed E-state index contributed by atoms with van der Waals surface area (Å²) < 4.78 is 20.0. The van der Waals surface area contributed by atoms with Gasteiger partial charge in [-0.3, -0.25) is 0 Å². The molecule has 142 valence electrons. The smallest absolute Gasteiger partial charge is 0.410 e. The minimum absolute atomic E-state index is 0.106. The maximum atomic E-state index is 13.7. The Kier molecular flexibility index (Phi) is 5.30. The maximum absolute atomic E-state index is 13.7. The van der Waals surface area contributed by atoms with Gasteiger partial charge in [0.2, 0.25) is 0 Å². The van der Waals surface area contributed by atoms with E-state index in [9.17, 15) is 9.18 Å². The number of anilines is 1. The summed E-state index contributed by atoms with van der Waals surface area (Å²) in [5.74, 6) is -0.460. The molecule has 1 aromatic carbocycles. The van der Waals surface area contributed by atoms with Crippen LogP contribution in [0.3, 0.4) is 0 Å².